The molecule has 0 atom stereocenters. The lowest BCUT2D eigenvalue weighted by Crippen LogP contribution is -2.05. The van der Waals surface area contributed by atoms with Crippen molar-refractivity contribution in [2.24, 2.45) is 0 Å². The molecule has 2 aromatic heterocycles. The van der Waals surface area contributed by atoms with E-state index in [-0.39, 0.29) is 43.9 Å². The van der Waals surface area contributed by atoms with Gasteiger partial charge in [0, 0.05) is 41.3 Å². The van der Waals surface area contributed by atoms with Crippen LogP contribution in [0.4, 0.5) is 4.39 Å². The summed E-state index contributed by atoms with van der Waals surface area (Å²) in [6, 6.07) is 30.0. The Bertz CT molecular complexity index is 3350. The molecule has 0 spiro atoms. The Morgan fingerprint density at radius 3 is 1.54 bits per heavy atom. The van der Waals surface area contributed by atoms with Gasteiger partial charge in [0.25, 0.3) is 0 Å². The number of benzene rings is 6. The smallest absolute Gasteiger partial charge is 0.178 e. The number of fused-ring (bicyclic) bond motifs is 2. The maximum absolute atomic E-state index is 14.6. The first-order valence-electron chi connectivity index (χ1n) is 19.8. The molecule has 10 nitrogen and oxygen atoms in total. The highest BCUT2D eigenvalue weighted by Crippen LogP contribution is 2.40. The second-order valence-corrected chi connectivity index (χ2v) is 21.2. The minimum Gasteiger partial charge on any atom is -0.457 e. The van der Waals surface area contributed by atoms with Crippen molar-refractivity contribution in [3.63, 3.8) is 0 Å². The Hall–Kier alpha value is -5.44. The average molecular weight is 946 g/mol. The lowest BCUT2D eigenvalue weighted by molar-refractivity contribution is 0.473. The number of aromatic nitrogens is 4. The van der Waals surface area contributed by atoms with Crippen LogP contribution in [-0.4, -0.2) is 47.9 Å². The quantitative estimate of drug-likeness (QED) is 0.119. The SMILES string of the molecule is CCS(=O)(=O)c1cc(F)cc(Oc2cccc(-n3c(C(C)C)nc4c(Cl)cc(-c5cc(Cl)c6nc(C(C)C)n(-c7cccc(Oc8cc(Cl)cc(S(C)(=O)=O)c8)c7)c6c5)cc43)c2)c1. The number of nitrogens with zero attached hydrogens (tertiary/aromatic N) is 4. The second-order valence-electron chi connectivity index (χ2n) is 15.7. The molecule has 0 aliphatic heterocycles. The maximum atomic E-state index is 14.6. The summed E-state index contributed by atoms with van der Waals surface area (Å²) in [7, 11) is -7.23. The van der Waals surface area contributed by atoms with Crippen LogP contribution in [0.15, 0.2) is 119 Å². The van der Waals surface area contributed by atoms with Crippen LogP contribution in [0.1, 0.15) is 58.1 Å². The summed E-state index contributed by atoms with van der Waals surface area (Å²) in [4.78, 5) is 9.86. The molecule has 0 saturated carbocycles. The van der Waals surface area contributed by atoms with Gasteiger partial charge in [-0.05, 0) is 90.0 Å². The molecule has 63 heavy (non-hydrogen) atoms. The van der Waals surface area contributed by atoms with Crippen LogP contribution in [0.5, 0.6) is 23.0 Å². The fraction of sp³-hybridized carbons (Fsp3) is 0.191. The van der Waals surface area contributed by atoms with Crippen LogP contribution in [0.3, 0.4) is 0 Å². The van der Waals surface area contributed by atoms with Crippen molar-refractivity contribution in [1.29, 1.82) is 0 Å². The van der Waals surface area contributed by atoms with Crippen LogP contribution in [0.25, 0.3) is 44.6 Å². The highest BCUT2D eigenvalue weighted by molar-refractivity contribution is 7.91. The Balaban J connectivity index is 1.23. The molecule has 0 unspecified atom stereocenters. The van der Waals surface area contributed by atoms with Crippen LogP contribution in [0, 0.1) is 5.82 Å². The molecule has 0 bridgehead atoms. The van der Waals surface area contributed by atoms with Gasteiger partial charge in [0.15, 0.2) is 19.7 Å². The van der Waals surface area contributed by atoms with E-state index in [1.807, 2.05) is 85.4 Å². The first-order chi connectivity index (χ1) is 29.8. The summed E-state index contributed by atoms with van der Waals surface area (Å²) >= 11 is 20.4. The zero-order valence-corrected chi connectivity index (χ0v) is 38.7. The molecule has 0 fully saturated rings. The van der Waals surface area contributed by atoms with E-state index in [4.69, 9.17) is 54.2 Å². The monoisotopic (exact) mass is 944 g/mol. The van der Waals surface area contributed by atoms with Crippen LogP contribution >= 0.6 is 34.8 Å². The summed E-state index contributed by atoms with van der Waals surface area (Å²) < 4.78 is 80.7. The normalized spacial score (nSPS) is 12.3. The molecule has 8 aromatic rings. The van der Waals surface area contributed by atoms with E-state index in [2.05, 4.69) is 0 Å². The van der Waals surface area contributed by atoms with Crippen molar-refractivity contribution in [3.8, 4) is 45.5 Å². The zero-order valence-electron chi connectivity index (χ0n) is 34.8. The van der Waals surface area contributed by atoms with Gasteiger partial charge >= 0.3 is 0 Å². The molecule has 2 heterocycles. The minimum atomic E-state index is -3.69. The van der Waals surface area contributed by atoms with Gasteiger partial charge in [-0.2, -0.15) is 0 Å². The zero-order chi connectivity index (χ0) is 45.1. The van der Waals surface area contributed by atoms with E-state index in [1.165, 1.54) is 25.1 Å². The fourth-order valence-corrected chi connectivity index (χ4v) is 9.75. The first kappa shape index (κ1) is 44.2. The summed E-state index contributed by atoms with van der Waals surface area (Å²) in [5.41, 5.74) is 5.53. The number of hydrogen-bond donors (Lipinski definition) is 0. The van der Waals surface area contributed by atoms with Gasteiger partial charge in [-0.3, -0.25) is 9.13 Å². The first-order valence-corrected chi connectivity index (χ1v) is 24.5. The van der Waals surface area contributed by atoms with Crippen molar-refractivity contribution in [2.45, 2.75) is 56.2 Å². The molecule has 0 aliphatic rings. The van der Waals surface area contributed by atoms with E-state index in [9.17, 15) is 21.2 Å². The Kier molecular flexibility index (Phi) is 11.9. The topological polar surface area (TPSA) is 122 Å². The summed E-state index contributed by atoms with van der Waals surface area (Å²) in [6.45, 7) is 9.63. The molecule has 8 rings (SSSR count). The van der Waals surface area contributed by atoms with E-state index < -0.39 is 25.5 Å². The van der Waals surface area contributed by atoms with E-state index >= 15 is 0 Å². The van der Waals surface area contributed by atoms with Gasteiger partial charge < -0.3 is 9.47 Å². The number of imidazole rings is 2. The molecule has 0 radical (unpaired) electrons. The molecule has 0 N–H and O–H groups in total. The van der Waals surface area contributed by atoms with Gasteiger partial charge in [0.2, 0.25) is 0 Å². The van der Waals surface area contributed by atoms with Crippen molar-refractivity contribution in [3.05, 3.63) is 142 Å². The van der Waals surface area contributed by atoms with Crippen molar-refractivity contribution < 1.29 is 30.7 Å². The van der Waals surface area contributed by atoms with E-state index in [0.29, 0.717) is 43.8 Å². The summed E-state index contributed by atoms with van der Waals surface area (Å²) in [5, 5.41) is 1.06. The lowest BCUT2D eigenvalue weighted by Gasteiger charge is -2.15. The maximum Gasteiger partial charge on any atom is 0.178 e. The largest absolute Gasteiger partial charge is 0.457 e. The Morgan fingerprint density at radius 1 is 0.603 bits per heavy atom. The lowest BCUT2D eigenvalue weighted by atomic mass is 10.0. The number of hydrogen-bond acceptors (Lipinski definition) is 8. The van der Waals surface area contributed by atoms with Crippen LogP contribution < -0.4 is 9.47 Å². The molecule has 16 heteroatoms. The van der Waals surface area contributed by atoms with Crippen molar-refractivity contribution in [1.82, 2.24) is 19.1 Å². The van der Waals surface area contributed by atoms with E-state index in [0.717, 1.165) is 52.4 Å². The van der Waals surface area contributed by atoms with Crippen LogP contribution in [-0.2, 0) is 19.7 Å². The Morgan fingerprint density at radius 2 is 1.08 bits per heavy atom. The van der Waals surface area contributed by atoms with Gasteiger partial charge in [0.1, 0.15) is 51.5 Å². The molecule has 0 saturated heterocycles. The molecule has 324 valence electrons. The molecular weight excluding hydrogens is 906 g/mol. The standard InChI is InChI=1S/C47H40Cl3FN4O6S2/c1-7-63(58,59)39-21-31(51)20-37(25-39)61-35-13-9-11-33(23-35)55-43-17-29(15-41(50)45(43)53-47(55)27(4)5)28-14-40(49)44-42(16-28)54(46(52-44)26(2)3)32-10-8-12-34(22-32)60-36-18-30(48)19-38(24-36)62(6,56)57/h8-27H,7H2,1-6H3. The third-order valence-corrected chi connectivity index (χ3v) is 13.9. The highest BCUT2D eigenvalue weighted by atomic mass is 35.5. The number of sulfone groups is 2. The molecule has 0 aliphatic carbocycles. The van der Waals surface area contributed by atoms with Gasteiger partial charge in [-0.15, -0.1) is 0 Å². The highest BCUT2D eigenvalue weighted by Gasteiger charge is 2.23. The number of ether oxygens (including phenoxy) is 2. The van der Waals surface area contributed by atoms with Gasteiger partial charge in [-0.1, -0.05) is 81.6 Å². The average Bonchev–Trinajstić information content (AvgIpc) is 3.81. The molecule has 0 amide bonds. The number of rotatable bonds is 12. The van der Waals surface area contributed by atoms with Crippen molar-refractivity contribution in [2.75, 3.05) is 12.0 Å². The summed E-state index contributed by atoms with van der Waals surface area (Å²) in [6.07, 6.45) is 1.11. The molecular formula is C47H40Cl3FN4O6S2. The van der Waals surface area contributed by atoms with E-state index in [1.54, 1.807) is 30.3 Å². The predicted molar refractivity (Wildman–Crippen MR) is 248 cm³/mol. The fourth-order valence-electron chi connectivity index (χ4n) is 7.35. The number of halogens is 4. The van der Waals surface area contributed by atoms with Gasteiger partial charge in [0.05, 0.1) is 48.0 Å². The second kappa shape index (κ2) is 16.9. The van der Waals surface area contributed by atoms with Crippen LogP contribution in [0.2, 0.25) is 15.1 Å². The predicted octanol–water partition coefficient (Wildman–Crippen LogP) is 13.2. The third-order valence-electron chi connectivity index (χ3n) is 10.3. The Labute approximate surface area is 379 Å². The molecule has 6 aromatic carbocycles. The van der Waals surface area contributed by atoms with Gasteiger partial charge in [-0.25, -0.2) is 31.2 Å². The minimum absolute atomic E-state index is 0.0200. The summed E-state index contributed by atoms with van der Waals surface area (Å²) in [5.74, 6) is 1.60. The third kappa shape index (κ3) is 8.90. The van der Waals surface area contributed by atoms with Crippen molar-refractivity contribution >= 4 is 76.5 Å².